The van der Waals surface area contributed by atoms with Crippen LogP contribution in [0.15, 0.2) is 47.3 Å². The average Bonchev–Trinajstić information content (AvgIpc) is 2.64. The number of rotatable bonds is 7. The Morgan fingerprint density at radius 2 is 1.74 bits per heavy atom. The molecule has 0 aliphatic heterocycles. The van der Waals surface area contributed by atoms with Crippen LogP contribution in [0.5, 0.6) is 5.75 Å². The van der Waals surface area contributed by atoms with Crippen molar-refractivity contribution in [3.8, 4) is 5.75 Å². The van der Waals surface area contributed by atoms with Gasteiger partial charge in [-0.1, -0.05) is 25.1 Å². The molecule has 0 bridgehead atoms. The van der Waals surface area contributed by atoms with Crippen LogP contribution in [0.1, 0.15) is 36.2 Å². The quantitative estimate of drug-likeness (QED) is 0.668. The fourth-order valence-corrected chi connectivity index (χ4v) is 3.48. The van der Waals surface area contributed by atoms with E-state index in [2.05, 4.69) is 35.0 Å². The molecule has 0 atom stereocenters. The predicted molar refractivity (Wildman–Crippen MR) is 111 cm³/mol. The van der Waals surface area contributed by atoms with E-state index in [-0.39, 0.29) is 5.43 Å². The lowest BCUT2D eigenvalue weighted by molar-refractivity contribution is 0.268. The van der Waals surface area contributed by atoms with Crippen LogP contribution in [0.4, 0.5) is 0 Å². The van der Waals surface area contributed by atoms with Gasteiger partial charge in [-0.25, -0.2) is 0 Å². The van der Waals surface area contributed by atoms with Crippen molar-refractivity contribution in [2.75, 3.05) is 13.2 Å². The Morgan fingerprint density at radius 1 is 1.00 bits per heavy atom. The zero-order chi connectivity index (χ0) is 19.4. The Bertz CT molecular complexity index is 974. The third-order valence-electron chi connectivity index (χ3n) is 4.82. The van der Waals surface area contributed by atoms with Crippen LogP contribution in [0.2, 0.25) is 0 Å². The largest absolute Gasteiger partial charge is 0.494 e. The lowest BCUT2D eigenvalue weighted by Crippen LogP contribution is -2.23. The van der Waals surface area contributed by atoms with Crippen molar-refractivity contribution in [1.82, 2.24) is 9.88 Å². The summed E-state index contributed by atoms with van der Waals surface area (Å²) in [5.41, 5.74) is 5.44. The summed E-state index contributed by atoms with van der Waals surface area (Å²) in [6.07, 6.45) is 0. The summed E-state index contributed by atoms with van der Waals surface area (Å²) in [6, 6.07) is 14.0. The van der Waals surface area contributed by atoms with Gasteiger partial charge in [0, 0.05) is 30.2 Å². The average molecular weight is 364 g/mol. The number of hydrogen-bond acceptors (Lipinski definition) is 3. The van der Waals surface area contributed by atoms with Crippen molar-refractivity contribution >= 4 is 10.9 Å². The number of aryl methyl sites for hydroxylation is 2. The molecule has 1 heterocycles. The van der Waals surface area contributed by atoms with Gasteiger partial charge < -0.3 is 9.72 Å². The van der Waals surface area contributed by atoms with Gasteiger partial charge in [0.1, 0.15) is 5.75 Å². The first-order valence-corrected chi connectivity index (χ1v) is 9.57. The number of pyridine rings is 1. The number of hydrogen-bond donors (Lipinski definition) is 1. The Balaban J connectivity index is 1.80. The second-order valence-corrected chi connectivity index (χ2v) is 7.04. The summed E-state index contributed by atoms with van der Waals surface area (Å²) in [7, 11) is 0. The smallest absolute Gasteiger partial charge is 0.189 e. The van der Waals surface area contributed by atoms with Crippen LogP contribution in [-0.4, -0.2) is 23.0 Å². The van der Waals surface area contributed by atoms with Gasteiger partial charge >= 0.3 is 0 Å². The first kappa shape index (κ1) is 19.2. The molecule has 3 aromatic rings. The number of fused-ring (bicyclic) bond motifs is 1. The van der Waals surface area contributed by atoms with Crippen molar-refractivity contribution in [1.29, 1.82) is 0 Å². The van der Waals surface area contributed by atoms with E-state index in [9.17, 15) is 4.79 Å². The molecule has 1 N–H and O–H groups in total. The Kier molecular flexibility index (Phi) is 5.97. The maximum atomic E-state index is 12.6. The zero-order valence-electron chi connectivity index (χ0n) is 16.6. The highest BCUT2D eigenvalue weighted by Crippen LogP contribution is 2.18. The van der Waals surface area contributed by atoms with Crippen LogP contribution >= 0.6 is 0 Å². The normalized spacial score (nSPS) is 11.3. The predicted octanol–water partition coefficient (Wildman–Crippen LogP) is 4.57. The summed E-state index contributed by atoms with van der Waals surface area (Å²) in [4.78, 5) is 18.4. The molecule has 0 radical (unpaired) electrons. The molecule has 0 aliphatic rings. The van der Waals surface area contributed by atoms with E-state index in [1.807, 2.05) is 39.0 Å². The highest BCUT2D eigenvalue weighted by Gasteiger charge is 2.10. The first-order chi connectivity index (χ1) is 13.0. The van der Waals surface area contributed by atoms with Crippen molar-refractivity contribution in [3.05, 3.63) is 75.1 Å². The molecular formula is C23H28N2O2. The summed E-state index contributed by atoms with van der Waals surface area (Å²) in [5, 5.41) is 0.769. The minimum absolute atomic E-state index is 0.0858. The monoisotopic (exact) mass is 364 g/mol. The summed E-state index contributed by atoms with van der Waals surface area (Å²) < 4.78 is 5.51. The summed E-state index contributed by atoms with van der Waals surface area (Å²) in [5.74, 6) is 0.897. The number of aromatic amines is 1. The fourth-order valence-electron chi connectivity index (χ4n) is 3.48. The minimum Gasteiger partial charge on any atom is -0.494 e. The van der Waals surface area contributed by atoms with Crippen LogP contribution < -0.4 is 10.2 Å². The van der Waals surface area contributed by atoms with E-state index in [0.717, 1.165) is 46.6 Å². The third-order valence-corrected chi connectivity index (χ3v) is 4.82. The third kappa shape index (κ3) is 4.58. The van der Waals surface area contributed by atoms with E-state index < -0.39 is 0 Å². The van der Waals surface area contributed by atoms with Gasteiger partial charge in [-0.05, 0) is 62.2 Å². The number of aromatic nitrogens is 1. The van der Waals surface area contributed by atoms with Crippen molar-refractivity contribution in [2.24, 2.45) is 0 Å². The van der Waals surface area contributed by atoms with Gasteiger partial charge in [0.2, 0.25) is 0 Å². The van der Waals surface area contributed by atoms with Gasteiger partial charge in [-0.15, -0.1) is 0 Å². The lowest BCUT2D eigenvalue weighted by Gasteiger charge is -2.21. The lowest BCUT2D eigenvalue weighted by atomic mass is 10.1. The number of ether oxygens (including phenoxy) is 1. The maximum Gasteiger partial charge on any atom is 0.189 e. The second-order valence-electron chi connectivity index (χ2n) is 7.04. The number of nitrogens with one attached hydrogen (secondary N) is 1. The molecule has 0 saturated carbocycles. The molecule has 0 unspecified atom stereocenters. The number of H-pyrrole nitrogens is 1. The number of nitrogens with zero attached hydrogens (tertiary/aromatic N) is 1. The van der Waals surface area contributed by atoms with Crippen molar-refractivity contribution < 1.29 is 4.74 Å². The number of benzene rings is 2. The van der Waals surface area contributed by atoms with E-state index in [0.29, 0.717) is 13.2 Å². The molecule has 4 nitrogen and oxygen atoms in total. The van der Waals surface area contributed by atoms with Gasteiger partial charge in [0.15, 0.2) is 5.43 Å². The summed E-state index contributed by atoms with van der Waals surface area (Å²) in [6.45, 7) is 11.3. The molecule has 0 saturated heterocycles. The minimum atomic E-state index is 0.0858. The van der Waals surface area contributed by atoms with Crippen molar-refractivity contribution in [3.63, 3.8) is 0 Å². The second kappa shape index (κ2) is 8.40. The molecule has 142 valence electrons. The Morgan fingerprint density at radius 3 is 2.41 bits per heavy atom. The van der Waals surface area contributed by atoms with E-state index in [4.69, 9.17) is 4.74 Å². The van der Waals surface area contributed by atoms with Gasteiger partial charge in [-0.2, -0.15) is 0 Å². The Hall–Kier alpha value is -2.59. The molecule has 3 rings (SSSR count). The van der Waals surface area contributed by atoms with Crippen LogP contribution in [0, 0.1) is 13.8 Å². The molecule has 0 amide bonds. The van der Waals surface area contributed by atoms with E-state index in [1.54, 1.807) is 6.07 Å². The topological polar surface area (TPSA) is 45.3 Å². The van der Waals surface area contributed by atoms with Gasteiger partial charge in [0.05, 0.1) is 12.1 Å². The highest BCUT2D eigenvalue weighted by atomic mass is 16.5. The van der Waals surface area contributed by atoms with Crippen LogP contribution in [0.3, 0.4) is 0 Å². The molecule has 0 aliphatic carbocycles. The van der Waals surface area contributed by atoms with Crippen molar-refractivity contribution in [2.45, 2.75) is 40.8 Å². The molecular weight excluding hydrogens is 336 g/mol. The maximum absolute atomic E-state index is 12.6. The first-order valence-electron chi connectivity index (χ1n) is 9.57. The van der Waals surface area contributed by atoms with Crippen LogP contribution in [0.25, 0.3) is 10.9 Å². The van der Waals surface area contributed by atoms with E-state index in [1.165, 1.54) is 5.56 Å². The molecule has 2 aromatic carbocycles. The standard InChI is InChI=1S/C23H28N2O2/c1-5-25(14-18-7-9-20(10-8-18)27-6-2)15-19-13-22(26)21-12-16(3)11-17(4)23(21)24-19/h7-13H,5-6,14-15H2,1-4H3,(H,24,26). The Labute approximate surface area is 160 Å². The molecule has 4 heteroatoms. The van der Waals surface area contributed by atoms with Gasteiger partial charge in [0.25, 0.3) is 0 Å². The fraction of sp³-hybridized carbons (Fsp3) is 0.348. The van der Waals surface area contributed by atoms with Gasteiger partial charge in [-0.3, -0.25) is 9.69 Å². The van der Waals surface area contributed by atoms with E-state index >= 15 is 0 Å². The molecule has 0 fully saturated rings. The molecule has 0 spiro atoms. The zero-order valence-corrected chi connectivity index (χ0v) is 16.6. The highest BCUT2D eigenvalue weighted by molar-refractivity contribution is 5.82. The molecule has 27 heavy (non-hydrogen) atoms. The SMILES string of the molecule is CCOc1ccc(CN(CC)Cc2cc(=O)c3cc(C)cc(C)c3[nH]2)cc1. The summed E-state index contributed by atoms with van der Waals surface area (Å²) >= 11 is 0. The van der Waals surface area contributed by atoms with Crippen LogP contribution in [-0.2, 0) is 13.1 Å². The molecule has 1 aromatic heterocycles.